The minimum atomic E-state index is 0.289. The predicted molar refractivity (Wildman–Crippen MR) is 53.0 cm³/mol. The lowest BCUT2D eigenvalue weighted by Crippen LogP contribution is -2.25. The minimum absolute atomic E-state index is 0.289. The molecular weight excluding hydrogens is 255 g/mol. The molecule has 1 aliphatic rings. The normalized spacial score (nSPS) is 16.8. The van der Waals surface area contributed by atoms with E-state index in [1.807, 2.05) is 0 Å². The first-order valence-corrected chi connectivity index (χ1v) is 5.27. The van der Waals surface area contributed by atoms with Gasteiger partial charge in [0, 0.05) is 6.20 Å². The van der Waals surface area contributed by atoms with Gasteiger partial charge in [-0.1, -0.05) is 11.6 Å². The van der Waals surface area contributed by atoms with Crippen LogP contribution in [0, 0.1) is 0 Å². The molecule has 0 aromatic carbocycles. The molecule has 0 unspecified atom stereocenters. The van der Waals surface area contributed by atoms with Crippen LogP contribution in [0.3, 0.4) is 0 Å². The van der Waals surface area contributed by atoms with Gasteiger partial charge in [0.2, 0.25) is 0 Å². The third kappa shape index (κ3) is 2.11. The van der Waals surface area contributed by atoms with Gasteiger partial charge in [-0.2, -0.15) is 4.98 Å². The second kappa shape index (κ2) is 3.80. The summed E-state index contributed by atoms with van der Waals surface area (Å²) in [6.07, 6.45) is 5.31. The van der Waals surface area contributed by atoms with Crippen LogP contribution in [-0.2, 0) is 0 Å². The molecule has 70 valence electrons. The number of aromatic nitrogens is 2. The average Bonchev–Trinajstić information content (AvgIpc) is 2.04. The van der Waals surface area contributed by atoms with Crippen LogP contribution in [0.25, 0.3) is 0 Å². The van der Waals surface area contributed by atoms with E-state index in [0.717, 1.165) is 12.8 Å². The van der Waals surface area contributed by atoms with Gasteiger partial charge in [0.1, 0.15) is 6.10 Å². The summed E-state index contributed by atoms with van der Waals surface area (Å²) in [6.45, 7) is 0. The van der Waals surface area contributed by atoms with Crippen molar-refractivity contribution in [3.05, 3.63) is 15.8 Å². The van der Waals surface area contributed by atoms with E-state index < -0.39 is 0 Å². The molecule has 0 saturated heterocycles. The molecule has 0 bridgehead atoms. The van der Waals surface area contributed by atoms with Gasteiger partial charge in [-0.3, -0.25) is 0 Å². The molecule has 0 atom stereocenters. The Hall–Kier alpha value is -0.350. The topological polar surface area (TPSA) is 35.0 Å². The molecule has 1 fully saturated rings. The van der Waals surface area contributed by atoms with Gasteiger partial charge < -0.3 is 4.74 Å². The first-order chi connectivity index (χ1) is 6.25. The van der Waals surface area contributed by atoms with Gasteiger partial charge >= 0.3 is 6.01 Å². The van der Waals surface area contributed by atoms with E-state index in [0.29, 0.717) is 15.6 Å². The van der Waals surface area contributed by atoms with Gasteiger partial charge in [-0.05, 0) is 35.2 Å². The van der Waals surface area contributed by atoms with Crippen LogP contribution in [0.5, 0.6) is 6.01 Å². The number of hydrogen-bond acceptors (Lipinski definition) is 3. The van der Waals surface area contributed by atoms with Crippen LogP contribution in [0.15, 0.2) is 10.7 Å². The van der Waals surface area contributed by atoms with E-state index in [4.69, 9.17) is 16.3 Å². The summed E-state index contributed by atoms with van der Waals surface area (Å²) in [7, 11) is 0. The average molecular weight is 264 g/mol. The van der Waals surface area contributed by atoms with Crippen molar-refractivity contribution >= 4 is 27.5 Å². The van der Waals surface area contributed by atoms with E-state index in [2.05, 4.69) is 25.9 Å². The van der Waals surface area contributed by atoms with Crippen molar-refractivity contribution in [2.45, 2.75) is 25.4 Å². The van der Waals surface area contributed by atoms with Crippen molar-refractivity contribution in [1.29, 1.82) is 0 Å². The zero-order valence-electron chi connectivity index (χ0n) is 6.83. The SMILES string of the molecule is Clc1nc(OC2CCC2)ncc1Br. The molecule has 5 heteroatoms. The van der Waals surface area contributed by atoms with Crippen LogP contribution in [-0.4, -0.2) is 16.1 Å². The van der Waals surface area contributed by atoms with Crippen molar-refractivity contribution in [1.82, 2.24) is 9.97 Å². The zero-order chi connectivity index (χ0) is 9.26. The molecule has 0 amide bonds. The molecule has 0 N–H and O–H groups in total. The van der Waals surface area contributed by atoms with Crippen molar-refractivity contribution in [3.63, 3.8) is 0 Å². The number of rotatable bonds is 2. The lowest BCUT2D eigenvalue weighted by molar-refractivity contribution is 0.108. The summed E-state index contributed by atoms with van der Waals surface area (Å²) in [6, 6.07) is 0.373. The Morgan fingerprint density at radius 2 is 2.31 bits per heavy atom. The summed E-state index contributed by atoms with van der Waals surface area (Å²) in [5, 5.41) is 0.393. The summed E-state index contributed by atoms with van der Waals surface area (Å²) < 4.78 is 6.15. The zero-order valence-corrected chi connectivity index (χ0v) is 9.18. The summed E-state index contributed by atoms with van der Waals surface area (Å²) in [5.41, 5.74) is 0. The summed E-state index contributed by atoms with van der Waals surface area (Å²) >= 11 is 8.99. The molecule has 1 heterocycles. The number of nitrogens with zero attached hydrogens (tertiary/aromatic N) is 2. The van der Waals surface area contributed by atoms with E-state index in [1.165, 1.54) is 6.42 Å². The largest absolute Gasteiger partial charge is 0.460 e. The van der Waals surface area contributed by atoms with Crippen LogP contribution in [0.2, 0.25) is 5.15 Å². The van der Waals surface area contributed by atoms with Gasteiger partial charge in [-0.15, -0.1) is 0 Å². The molecule has 0 spiro atoms. The van der Waals surface area contributed by atoms with E-state index in [1.54, 1.807) is 6.20 Å². The van der Waals surface area contributed by atoms with E-state index >= 15 is 0 Å². The standard InChI is InChI=1S/C8H8BrClN2O/c9-6-4-11-8(12-7(6)10)13-5-2-1-3-5/h4-5H,1-3H2. The highest BCUT2D eigenvalue weighted by Crippen LogP contribution is 2.25. The minimum Gasteiger partial charge on any atom is -0.460 e. The van der Waals surface area contributed by atoms with Crippen LogP contribution >= 0.6 is 27.5 Å². The fraction of sp³-hybridized carbons (Fsp3) is 0.500. The highest BCUT2D eigenvalue weighted by molar-refractivity contribution is 9.10. The van der Waals surface area contributed by atoms with Gasteiger partial charge in [-0.25, -0.2) is 4.98 Å². The quantitative estimate of drug-likeness (QED) is 0.770. The molecule has 1 aromatic heterocycles. The number of hydrogen-bond donors (Lipinski definition) is 0. The van der Waals surface area contributed by atoms with E-state index in [-0.39, 0.29) is 6.10 Å². The lowest BCUT2D eigenvalue weighted by atomic mass is 9.96. The Morgan fingerprint density at radius 3 is 2.85 bits per heavy atom. The smallest absolute Gasteiger partial charge is 0.318 e. The van der Waals surface area contributed by atoms with E-state index in [9.17, 15) is 0 Å². The molecule has 1 saturated carbocycles. The first-order valence-electron chi connectivity index (χ1n) is 4.10. The molecular formula is C8H8BrClN2O. The monoisotopic (exact) mass is 262 g/mol. The molecule has 1 aromatic rings. The molecule has 3 nitrogen and oxygen atoms in total. The fourth-order valence-electron chi connectivity index (χ4n) is 1.03. The third-order valence-corrected chi connectivity index (χ3v) is 3.10. The summed E-state index contributed by atoms with van der Waals surface area (Å²) in [4.78, 5) is 7.98. The Labute approximate surface area is 89.6 Å². The lowest BCUT2D eigenvalue weighted by Gasteiger charge is -2.24. The highest BCUT2D eigenvalue weighted by atomic mass is 79.9. The maximum atomic E-state index is 5.78. The van der Waals surface area contributed by atoms with Crippen molar-refractivity contribution < 1.29 is 4.74 Å². The second-order valence-electron chi connectivity index (χ2n) is 2.96. The third-order valence-electron chi connectivity index (χ3n) is 2.00. The molecule has 0 aliphatic heterocycles. The second-order valence-corrected chi connectivity index (χ2v) is 4.17. The number of ether oxygens (including phenoxy) is 1. The number of halogens is 2. The van der Waals surface area contributed by atoms with Crippen molar-refractivity contribution in [2.75, 3.05) is 0 Å². The maximum absolute atomic E-state index is 5.78. The maximum Gasteiger partial charge on any atom is 0.318 e. The Kier molecular flexibility index (Phi) is 2.69. The van der Waals surface area contributed by atoms with Crippen LogP contribution in [0.4, 0.5) is 0 Å². The fourth-order valence-corrected chi connectivity index (χ4v) is 1.34. The molecule has 2 rings (SSSR count). The van der Waals surface area contributed by atoms with Gasteiger partial charge in [0.05, 0.1) is 4.47 Å². The Morgan fingerprint density at radius 1 is 1.54 bits per heavy atom. The van der Waals surface area contributed by atoms with Gasteiger partial charge in [0.25, 0.3) is 0 Å². The summed E-state index contributed by atoms with van der Waals surface area (Å²) in [5.74, 6) is 0. The van der Waals surface area contributed by atoms with Crippen molar-refractivity contribution in [2.24, 2.45) is 0 Å². The predicted octanol–water partition coefficient (Wildman–Crippen LogP) is 2.82. The Balaban J connectivity index is 2.07. The highest BCUT2D eigenvalue weighted by Gasteiger charge is 2.20. The first kappa shape index (κ1) is 9.21. The molecule has 0 radical (unpaired) electrons. The van der Waals surface area contributed by atoms with Crippen molar-refractivity contribution in [3.8, 4) is 6.01 Å². The van der Waals surface area contributed by atoms with Crippen LogP contribution < -0.4 is 4.74 Å². The van der Waals surface area contributed by atoms with Gasteiger partial charge in [0.15, 0.2) is 5.15 Å². The molecule has 13 heavy (non-hydrogen) atoms. The van der Waals surface area contributed by atoms with Crippen LogP contribution in [0.1, 0.15) is 19.3 Å². The Bertz CT molecular complexity index is 317. The molecule has 1 aliphatic carbocycles.